The first kappa shape index (κ1) is 21.0. The lowest BCUT2D eigenvalue weighted by Gasteiger charge is -2.26. The fourth-order valence-corrected chi connectivity index (χ4v) is 3.85. The summed E-state index contributed by atoms with van der Waals surface area (Å²) in [5.41, 5.74) is 4.87. The first-order valence-electron chi connectivity index (χ1n) is 11.0. The van der Waals surface area contributed by atoms with E-state index in [4.69, 9.17) is 4.74 Å². The van der Waals surface area contributed by atoms with Gasteiger partial charge in [0, 0.05) is 80.1 Å². The zero-order valence-corrected chi connectivity index (χ0v) is 18.5. The SMILES string of the molecule is Cn1cc(-c2cccc(-c3ncc(-c4cnn(CCC(=O)N5CCOCC5)c4)cn3)c2)cn1. The van der Waals surface area contributed by atoms with Crippen molar-refractivity contribution in [1.29, 1.82) is 0 Å². The number of benzene rings is 1. The van der Waals surface area contributed by atoms with Gasteiger partial charge >= 0.3 is 0 Å². The molecular formula is C24H25N7O2. The Morgan fingerprint density at radius 2 is 1.64 bits per heavy atom. The van der Waals surface area contributed by atoms with Gasteiger partial charge in [0.2, 0.25) is 5.91 Å². The minimum atomic E-state index is 0.136. The van der Waals surface area contributed by atoms with Gasteiger partial charge in [-0.25, -0.2) is 9.97 Å². The van der Waals surface area contributed by atoms with E-state index in [0.29, 0.717) is 45.1 Å². The number of morpholine rings is 1. The van der Waals surface area contributed by atoms with Gasteiger partial charge in [0.25, 0.3) is 0 Å². The molecule has 0 aliphatic carbocycles. The van der Waals surface area contributed by atoms with Crippen molar-refractivity contribution in [3.8, 4) is 33.6 Å². The third-order valence-corrected chi connectivity index (χ3v) is 5.70. The summed E-state index contributed by atoms with van der Waals surface area (Å²) in [5.74, 6) is 0.796. The third kappa shape index (κ3) is 4.83. The van der Waals surface area contributed by atoms with Crippen LogP contribution in [0, 0.1) is 0 Å². The van der Waals surface area contributed by atoms with E-state index in [2.05, 4.69) is 26.2 Å². The predicted octanol–water partition coefficient (Wildman–Crippen LogP) is 2.66. The van der Waals surface area contributed by atoms with Crippen molar-refractivity contribution in [1.82, 2.24) is 34.4 Å². The van der Waals surface area contributed by atoms with Crippen molar-refractivity contribution in [2.24, 2.45) is 7.05 Å². The molecule has 5 rings (SSSR count). The van der Waals surface area contributed by atoms with Crippen LogP contribution >= 0.6 is 0 Å². The first-order valence-corrected chi connectivity index (χ1v) is 11.0. The Morgan fingerprint density at radius 1 is 0.909 bits per heavy atom. The Balaban J connectivity index is 1.25. The summed E-state index contributed by atoms with van der Waals surface area (Å²) in [6, 6.07) is 8.11. The van der Waals surface area contributed by atoms with Gasteiger partial charge in [-0.3, -0.25) is 14.2 Å². The lowest BCUT2D eigenvalue weighted by atomic mass is 10.1. The second-order valence-electron chi connectivity index (χ2n) is 8.01. The molecule has 1 aromatic carbocycles. The lowest BCUT2D eigenvalue weighted by molar-refractivity contribution is -0.135. The van der Waals surface area contributed by atoms with Gasteiger partial charge in [-0.1, -0.05) is 18.2 Å². The maximum atomic E-state index is 12.3. The van der Waals surface area contributed by atoms with E-state index in [9.17, 15) is 4.79 Å². The van der Waals surface area contributed by atoms with Gasteiger partial charge in [0.1, 0.15) is 0 Å². The summed E-state index contributed by atoms with van der Waals surface area (Å²) in [6.07, 6.45) is 11.6. The van der Waals surface area contributed by atoms with Gasteiger partial charge in [-0.05, 0) is 11.6 Å². The van der Waals surface area contributed by atoms with Crippen molar-refractivity contribution in [2.45, 2.75) is 13.0 Å². The molecule has 1 amide bonds. The molecule has 0 unspecified atom stereocenters. The predicted molar refractivity (Wildman–Crippen MR) is 123 cm³/mol. The second-order valence-corrected chi connectivity index (χ2v) is 8.01. The number of rotatable bonds is 6. The minimum Gasteiger partial charge on any atom is -0.378 e. The van der Waals surface area contributed by atoms with Crippen LogP contribution in [0.4, 0.5) is 0 Å². The van der Waals surface area contributed by atoms with Crippen molar-refractivity contribution in [2.75, 3.05) is 26.3 Å². The molecule has 0 atom stereocenters. The summed E-state index contributed by atoms with van der Waals surface area (Å²) in [7, 11) is 1.90. The average Bonchev–Trinajstić information content (AvgIpc) is 3.52. The lowest BCUT2D eigenvalue weighted by Crippen LogP contribution is -2.40. The largest absolute Gasteiger partial charge is 0.378 e. The molecule has 0 N–H and O–H groups in total. The van der Waals surface area contributed by atoms with E-state index >= 15 is 0 Å². The zero-order valence-electron chi connectivity index (χ0n) is 18.5. The molecule has 1 aliphatic heterocycles. The van der Waals surface area contributed by atoms with E-state index in [1.54, 1.807) is 28.0 Å². The van der Waals surface area contributed by atoms with Gasteiger partial charge in [-0.2, -0.15) is 10.2 Å². The molecule has 1 fully saturated rings. The van der Waals surface area contributed by atoms with Crippen molar-refractivity contribution < 1.29 is 9.53 Å². The Bertz CT molecular complexity index is 1240. The number of hydrogen-bond acceptors (Lipinski definition) is 6. The highest BCUT2D eigenvalue weighted by atomic mass is 16.5. The molecule has 9 nitrogen and oxygen atoms in total. The van der Waals surface area contributed by atoms with Crippen LogP contribution in [0.2, 0.25) is 0 Å². The molecule has 33 heavy (non-hydrogen) atoms. The van der Waals surface area contributed by atoms with Crippen LogP contribution < -0.4 is 0 Å². The number of aromatic nitrogens is 6. The molecule has 0 radical (unpaired) electrons. The van der Waals surface area contributed by atoms with E-state index in [0.717, 1.165) is 27.8 Å². The first-order chi connectivity index (χ1) is 16.2. The molecule has 1 aliphatic rings. The fourth-order valence-electron chi connectivity index (χ4n) is 3.85. The summed E-state index contributed by atoms with van der Waals surface area (Å²) in [5, 5.41) is 8.64. The Labute approximate surface area is 191 Å². The maximum absolute atomic E-state index is 12.3. The van der Waals surface area contributed by atoms with Gasteiger partial charge < -0.3 is 9.64 Å². The van der Waals surface area contributed by atoms with Crippen LogP contribution in [0.15, 0.2) is 61.4 Å². The molecule has 3 aromatic heterocycles. The standard InChI is InChI=1S/C24H25N7O2/c1-29-16-21(14-27-29)18-3-2-4-19(11-18)24-25-12-20(13-26-24)22-15-28-31(17-22)6-5-23(32)30-7-9-33-10-8-30/h2-4,11-17H,5-10H2,1H3. The van der Waals surface area contributed by atoms with Gasteiger partial charge in [0.15, 0.2) is 5.82 Å². The topological polar surface area (TPSA) is 91.0 Å². The number of ether oxygens (including phenoxy) is 1. The Hall–Kier alpha value is -3.85. The molecule has 9 heteroatoms. The second kappa shape index (κ2) is 9.33. The summed E-state index contributed by atoms with van der Waals surface area (Å²) in [6.45, 7) is 3.09. The number of carbonyl (C=O) groups is 1. The Kier molecular flexibility index (Phi) is 5.95. The number of hydrogen-bond donors (Lipinski definition) is 0. The van der Waals surface area contributed by atoms with Crippen molar-refractivity contribution in [3.63, 3.8) is 0 Å². The normalized spacial score (nSPS) is 13.9. The minimum absolute atomic E-state index is 0.136. The van der Waals surface area contributed by atoms with Crippen LogP contribution in [0.5, 0.6) is 0 Å². The average molecular weight is 444 g/mol. The molecule has 0 bridgehead atoms. The monoisotopic (exact) mass is 443 g/mol. The van der Waals surface area contributed by atoms with Crippen LogP contribution in [-0.2, 0) is 23.1 Å². The molecule has 4 aromatic rings. The van der Waals surface area contributed by atoms with Crippen LogP contribution in [0.25, 0.3) is 33.6 Å². The van der Waals surface area contributed by atoms with Crippen LogP contribution in [0.1, 0.15) is 6.42 Å². The highest BCUT2D eigenvalue weighted by molar-refractivity contribution is 5.76. The molecule has 4 heterocycles. The van der Waals surface area contributed by atoms with Crippen molar-refractivity contribution >= 4 is 5.91 Å². The van der Waals surface area contributed by atoms with Crippen LogP contribution in [-0.4, -0.2) is 66.6 Å². The van der Waals surface area contributed by atoms with E-state index in [1.807, 2.05) is 48.7 Å². The van der Waals surface area contributed by atoms with Gasteiger partial charge in [-0.15, -0.1) is 0 Å². The third-order valence-electron chi connectivity index (χ3n) is 5.70. The fraction of sp³-hybridized carbons (Fsp3) is 0.292. The highest BCUT2D eigenvalue weighted by Crippen LogP contribution is 2.25. The number of amides is 1. The molecule has 168 valence electrons. The summed E-state index contributed by atoms with van der Waals surface area (Å²) in [4.78, 5) is 23.3. The maximum Gasteiger partial charge on any atom is 0.224 e. The summed E-state index contributed by atoms with van der Waals surface area (Å²) >= 11 is 0. The smallest absolute Gasteiger partial charge is 0.224 e. The molecule has 1 saturated heterocycles. The van der Waals surface area contributed by atoms with E-state index in [1.165, 1.54) is 0 Å². The van der Waals surface area contributed by atoms with Gasteiger partial charge in [0.05, 0.1) is 25.6 Å². The Morgan fingerprint density at radius 3 is 2.39 bits per heavy atom. The summed E-state index contributed by atoms with van der Waals surface area (Å²) < 4.78 is 8.88. The quantitative estimate of drug-likeness (QED) is 0.455. The van der Waals surface area contributed by atoms with Crippen LogP contribution in [0.3, 0.4) is 0 Å². The highest BCUT2D eigenvalue weighted by Gasteiger charge is 2.16. The van der Waals surface area contributed by atoms with E-state index < -0.39 is 0 Å². The van der Waals surface area contributed by atoms with E-state index in [-0.39, 0.29) is 5.91 Å². The number of aryl methyl sites for hydroxylation is 2. The molecular weight excluding hydrogens is 418 g/mol. The number of nitrogens with zero attached hydrogens (tertiary/aromatic N) is 7. The zero-order chi connectivity index (χ0) is 22.6. The van der Waals surface area contributed by atoms with Crippen molar-refractivity contribution in [3.05, 3.63) is 61.4 Å². The molecule has 0 saturated carbocycles. The molecule has 0 spiro atoms. The number of carbonyl (C=O) groups excluding carboxylic acids is 1.